The van der Waals surface area contributed by atoms with Gasteiger partial charge in [-0.15, -0.1) is 0 Å². The van der Waals surface area contributed by atoms with Gasteiger partial charge in [-0.05, 0) is 133 Å². The lowest BCUT2D eigenvalue weighted by molar-refractivity contribution is -0.115. The number of phenols is 1. The number of nitrogens with one attached hydrogen (secondary N) is 1. The summed E-state index contributed by atoms with van der Waals surface area (Å²) in [4.78, 5) is 22.5. The molecule has 2 N–H and O–H groups in total. The minimum atomic E-state index is -0.496. The summed E-state index contributed by atoms with van der Waals surface area (Å²) in [5.74, 6) is 2.57. The van der Waals surface area contributed by atoms with Gasteiger partial charge < -0.3 is 10.4 Å². The van der Waals surface area contributed by atoms with Gasteiger partial charge >= 0.3 is 0 Å². The van der Waals surface area contributed by atoms with E-state index < -0.39 is 3.83 Å². The number of allylic oxidation sites excluding steroid dienone is 3. The van der Waals surface area contributed by atoms with Crippen molar-refractivity contribution in [1.82, 2.24) is 9.97 Å². The maximum atomic E-state index is 13.5. The minimum Gasteiger partial charge on any atom is -0.508 e. The number of amides is 1. The molecular weight excluding hydrogens is 587 g/mol. The number of halogens is 3. The molecule has 4 fully saturated rings. The highest BCUT2D eigenvalue weighted by molar-refractivity contribution is 14.1. The van der Waals surface area contributed by atoms with E-state index in [1.54, 1.807) is 30.5 Å². The zero-order valence-corrected chi connectivity index (χ0v) is 22.6. The van der Waals surface area contributed by atoms with Crippen molar-refractivity contribution in [2.45, 2.75) is 51.4 Å². The number of nitrogens with zero attached hydrogens (tertiary/aromatic N) is 2. The monoisotopic (exact) mass is 617 g/mol. The van der Waals surface area contributed by atoms with Gasteiger partial charge in [-0.25, -0.2) is 14.4 Å². The highest BCUT2D eigenvalue weighted by atomic mass is 127. The molecule has 0 radical (unpaired) electrons. The van der Waals surface area contributed by atoms with E-state index in [0.29, 0.717) is 23.4 Å². The number of hydrogen-bond acceptors (Lipinski definition) is 4. The average molecular weight is 617 g/mol. The average Bonchev–Trinajstić information content (AvgIpc) is 2.83. The molecule has 1 heterocycles. The summed E-state index contributed by atoms with van der Waals surface area (Å²) in [6.45, 7) is 0. The lowest BCUT2D eigenvalue weighted by Crippen LogP contribution is -2.47. The number of phenolic OH excluding ortho intramolecular Hbond substituents is 1. The number of carbonyl (C=O) groups excluding carboxylic acids is 1. The molecule has 4 aliphatic rings. The van der Waals surface area contributed by atoms with Crippen LogP contribution in [0.2, 0.25) is 0 Å². The summed E-state index contributed by atoms with van der Waals surface area (Å²) in [6, 6.07) is 6.83. The van der Waals surface area contributed by atoms with Gasteiger partial charge in [0, 0.05) is 5.56 Å². The Labute approximate surface area is 229 Å². The Bertz CT molecular complexity index is 1220. The van der Waals surface area contributed by atoms with E-state index in [-0.39, 0.29) is 23.5 Å². The van der Waals surface area contributed by atoms with E-state index in [9.17, 15) is 18.7 Å². The Balaban J connectivity index is 1.43. The van der Waals surface area contributed by atoms with E-state index >= 15 is 0 Å². The van der Waals surface area contributed by atoms with Crippen molar-refractivity contribution >= 4 is 34.3 Å². The summed E-state index contributed by atoms with van der Waals surface area (Å²) in [5.41, 5.74) is 2.79. The Morgan fingerprint density at radius 2 is 1.78 bits per heavy atom. The highest BCUT2D eigenvalue weighted by Crippen LogP contribution is 2.61. The third kappa shape index (κ3) is 6.27. The molecule has 194 valence electrons. The molecule has 5 nitrogen and oxygen atoms in total. The third-order valence-electron chi connectivity index (χ3n) is 8.02. The van der Waals surface area contributed by atoms with Crippen LogP contribution in [0.5, 0.6) is 5.75 Å². The van der Waals surface area contributed by atoms with Crippen molar-refractivity contribution in [3.63, 3.8) is 0 Å². The molecule has 2 aromatic rings. The Kier molecular flexibility index (Phi) is 7.74. The first-order chi connectivity index (χ1) is 17.8. The number of carbonyl (C=O) groups is 1. The van der Waals surface area contributed by atoms with Crippen LogP contribution >= 0.6 is 22.6 Å². The van der Waals surface area contributed by atoms with Crippen molar-refractivity contribution in [2.75, 3.05) is 5.32 Å². The second-order valence-electron chi connectivity index (χ2n) is 10.9. The summed E-state index contributed by atoms with van der Waals surface area (Å²) in [5, 5.41) is 12.6. The lowest BCUT2D eigenvalue weighted by Gasteiger charge is -2.57. The lowest BCUT2D eigenvalue weighted by atomic mass is 9.48. The molecule has 6 rings (SSSR count). The molecular formula is C29H30F2IN3O2. The van der Waals surface area contributed by atoms with Crippen molar-refractivity contribution in [3.8, 4) is 17.0 Å². The molecule has 0 aliphatic heterocycles. The first kappa shape index (κ1) is 26.0. The minimum absolute atomic E-state index is 0.126. The molecule has 4 aliphatic carbocycles. The van der Waals surface area contributed by atoms with Crippen LogP contribution in [0.3, 0.4) is 0 Å². The van der Waals surface area contributed by atoms with Crippen LogP contribution in [0.15, 0.2) is 64.4 Å². The van der Waals surface area contributed by atoms with E-state index in [2.05, 4.69) is 10.3 Å². The molecule has 0 saturated heterocycles. The van der Waals surface area contributed by atoms with Crippen LogP contribution in [0, 0.1) is 23.2 Å². The van der Waals surface area contributed by atoms with E-state index in [1.165, 1.54) is 73.3 Å². The summed E-state index contributed by atoms with van der Waals surface area (Å²) < 4.78 is 25.5. The van der Waals surface area contributed by atoms with Gasteiger partial charge in [-0.1, -0.05) is 6.08 Å². The number of aromatic nitrogens is 2. The zero-order valence-electron chi connectivity index (χ0n) is 20.5. The van der Waals surface area contributed by atoms with Crippen molar-refractivity contribution in [1.29, 1.82) is 0 Å². The van der Waals surface area contributed by atoms with Crippen molar-refractivity contribution in [2.24, 2.45) is 23.2 Å². The fourth-order valence-corrected chi connectivity index (χ4v) is 7.51. The van der Waals surface area contributed by atoms with Gasteiger partial charge in [-0.3, -0.25) is 4.79 Å². The molecule has 0 atom stereocenters. The van der Waals surface area contributed by atoms with Gasteiger partial charge in [0.1, 0.15) is 5.75 Å². The Hall–Kier alpha value is -2.62. The summed E-state index contributed by atoms with van der Waals surface area (Å²) in [7, 11) is 0. The molecule has 0 unspecified atom stereocenters. The molecule has 37 heavy (non-hydrogen) atoms. The standard InChI is InChI=1S/C29H30F2IN3O2/c30-7-1-2-18(11-26(31)32)12-27(37)35-28-24(34-25(17-33-28)22-3-5-23(36)6-4-22)16-29-13-19-8-20(14-29)10-21(9-19)15-29/h1-7,11,17,19-21,36H,8-10,12-16H2,(H,33,35,37)/b7-1+,18-2+,26-11-. The number of rotatable bonds is 8. The summed E-state index contributed by atoms with van der Waals surface area (Å²) in [6.07, 6.45) is 13.9. The van der Waals surface area contributed by atoms with Crippen LogP contribution in [0.1, 0.15) is 50.6 Å². The number of benzene rings is 1. The number of hydrogen-bond donors (Lipinski definition) is 2. The van der Waals surface area contributed by atoms with Crippen molar-refractivity contribution in [3.05, 3.63) is 70.1 Å². The van der Waals surface area contributed by atoms with Gasteiger partial charge in [-0.2, -0.15) is 4.39 Å². The summed E-state index contributed by atoms with van der Waals surface area (Å²) >= 11 is 1.51. The highest BCUT2D eigenvalue weighted by Gasteiger charge is 2.51. The maximum Gasteiger partial charge on any atom is 0.229 e. The van der Waals surface area contributed by atoms with Gasteiger partial charge in [0.05, 0.1) is 30.3 Å². The topological polar surface area (TPSA) is 75.1 Å². The fraction of sp³-hybridized carbons (Fsp3) is 0.414. The molecule has 4 saturated carbocycles. The molecule has 1 aromatic carbocycles. The zero-order chi connectivity index (χ0) is 26.0. The first-order valence-electron chi connectivity index (χ1n) is 12.7. The molecule has 4 bridgehead atoms. The molecule has 1 amide bonds. The SMILES string of the molecule is O=C(CC(/C=C(/F)I)=C/C=C/F)Nc1ncc(-c2ccc(O)cc2)nc1CC12CC3CC(CC(C3)C1)C2. The molecule has 1 aromatic heterocycles. The second kappa shape index (κ2) is 11.0. The Morgan fingerprint density at radius 1 is 1.14 bits per heavy atom. The van der Waals surface area contributed by atoms with Crippen LogP contribution in [0.25, 0.3) is 11.3 Å². The maximum absolute atomic E-state index is 13.5. The smallest absolute Gasteiger partial charge is 0.229 e. The predicted molar refractivity (Wildman–Crippen MR) is 148 cm³/mol. The number of aromatic hydroxyl groups is 1. The quantitative estimate of drug-likeness (QED) is 0.237. The van der Waals surface area contributed by atoms with Crippen LogP contribution < -0.4 is 5.32 Å². The number of anilines is 1. The van der Waals surface area contributed by atoms with Gasteiger partial charge in [0.15, 0.2) is 9.65 Å². The normalized spacial score (nSPS) is 27.2. The van der Waals surface area contributed by atoms with Crippen molar-refractivity contribution < 1.29 is 18.7 Å². The van der Waals surface area contributed by atoms with E-state index in [1.807, 2.05) is 0 Å². The van der Waals surface area contributed by atoms with Crippen LogP contribution in [-0.2, 0) is 11.2 Å². The second-order valence-corrected chi connectivity index (χ2v) is 11.9. The first-order valence-corrected chi connectivity index (χ1v) is 13.8. The molecule has 8 heteroatoms. The molecule has 0 spiro atoms. The van der Waals surface area contributed by atoms with Gasteiger partial charge in [0.25, 0.3) is 0 Å². The van der Waals surface area contributed by atoms with Crippen LogP contribution in [-0.4, -0.2) is 21.0 Å². The largest absolute Gasteiger partial charge is 0.508 e. The van der Waals surface area contributed by atoms with E-state index in [4.69, 9.17) is 4.98 Å². The fourth-order valence-electron chi connectivity index (χ4n) is 7.11. The predicted octanol–water partition coefficient (Wildman–Crippen LogP) is 7.59. The third-order valence-corrected chi connectivity index (χ3v) is 8.33. The van der Waals surface area contributed by atoms with Crippen LogP contribution in [0.4, 0.5) is 14.6 Å². The Morgan fingerprint density at radius 3 is 2.38 bits per heavy atom. The van der Waals surface area contributed by atoms with E-state index in [0.717, 1.165) is 41.5 Å². The van der Waals surface area contributed by atoms with Gasteiger partial charge in [0.2, 0.25) is 5.91 Å².